The quantitative estimate of drug-likeness (QED) is 0.770. The Balaban J connectivity index is 2.59. The van der Waals surface area contributed by atoms with E-state index in [-0.39, 0.29) is 18.4 Å². The van der Waals surface area contributed by atoms with Crippen LogP contribution >= 0.6 is 0 Å². The molecule has 0 amide bonds. The van der Waals surface area contributed by atoms with E-state index in [2.05, 4.69) is 26.1 Å². The van der Waals surface area contributed by atoms with Crippen LogP contribution in [0.3, 0.4) is 0 Å². The normalized spacial score (nSPS) is 24.6. The van der Waals surface area contributed by atoms with Gasteiger partial charge in [0.2, 0.25) is 0 Å². The van der Waals surface area contributed by atoms with Crippen LogP contribution in [0.1, 0.15) is 46.5 Å². The molecular weight excluding hydrogens is 265 g/mol. The molecule has 20 heavy (non-hydrogen) atoms. The van der Waals surface area contributed by atoms with Crippen LogP contribution in [0, 0.1) is 11.3 Å². The van der Waals surface area contributed by atoms with Gasteiger partial charge in [0.1, 0.15) is 0 Å². The van der Waals surface area contributed by atoms with Crippen molar-refractivity contribution >= 4 is 0 Å². The molecule has 0 aliphatic carbocycles. The van der Waals surface area contributed by atoms with Crippen LogP contribution in [0.5, 0.6) is 0 Å². The highest BCUT2D eigenvalue weighted by Gasteiger charge is 2.42. The fourth-order valence-electron chi connectivity index (χ4n) is 3.26. The number of likely N-dealkylation sites (tertiary alicyclic amines) is 1. The Labute approximate surface area is 121 Å². The van der Waals surface area contributed by atoms with Crippen molar-refractivity contribution < 1.29 is 13.2 Å². The first kappa shape index (κ1) is 17.8. The minimum absolute atomic E-state index is 0.0677. The number of hydrogen-bond donors (Lipinski definition) is 1. The second-order valence-electron chi connectivity index (χ2n) is 6.46. The maximum atomic E-state index is 12.9. The molecule has 0 aromatic rings. The zero-order valence-electron chi connectivity index (χ0n) is 13.0. The molecule has 0 radical (unpaired) electrons. The Morgan fingerprint density at radius 1 is 1.25 bits per heavy atom. The van der Waals surface area contributed by atoms with Gasteiger partial charge in [-0.3, -0.25) is 0 Å². The highest BCUT2D eigenvalue weighted by Crippen LogP contribution is 2.34. The summed E-state index contributed by atoms with van der Waals surface area (Å²) in [7, 11) is 0. The summed E-state index contributed by atoms with van der Waals surface area (Å²) in [6.45, 7) is 9.92. The summed E-state index contributed by atoms with van der Waals surface area (Å²) in [5.74, 6) is -1.14. The number of halogens is 3. The number of piperidine rings is 1. The topological polar surface area (TPSA) is 15.3 Å². The molecule has 0 aromatic heterocycles. The molecule has 1 N–H and O–H groups in total. The van der Waals surface area contributed by atoms with Crippen LogP contribution in [0.2, 0.25) is 0 Å². The lowest BCUT2D eigenvalue weighted by molar-refractivity contribution is -0.187. The van der Waals surface area contributed by atoms with E-state index in [1.54, 1.807) is 0 Å². The third-order valence-corrected chi connectivity index (χ3v) is 4.23. The number of alkyl halides is 3. The second-order valence-corrected chi connectivity index (χ2v) is 6.46. The van der Waals surface area contributed by atoms with E-state index in [4.69, 9.17) is 0 Å². The summed E-state index contributed by atoms with van der Waals surface area (Å²) in [4.78, 5) is 2.02. The van der Waals surface area contributed by atoms with E-state index >= 15 is 0 Å². The van der Waals surface area contributed by atoms with Crippen molar-refractivity contribution in [1.29, 1.82) is 0 Å². The third kappa shape index (κ3) is 5.60. The van der Waals surface area contributed by atoms with Crippen LogP contribution in [0.25, 0.3) is 0 Å². The van der Waals surface area contributed by atoms with Crippen molar-refractivity contribution in [2.45, 2.75) is 52.6 Å². The number of hydrogen-bond acceptors (Lipinski definition) is 2. The molecule has 1 aliphatic heterocycles. The average molecular weight is 294 g/mol. The van der Waals surface area contributed by atoms with Crippen LogP contribution in [-0.2, 0) is 0 Å². The largest absolute Gasteiger partial charge is 0.393 e. The van der Waals surface area contributed by atoms with E-state index in [9.17, 15) is 13.2 Å². The van der Waals surface area contributed by atoms with E-state index in [1.165, 1.54) is 0 Å². The first-order valence-corrected chi connectivity index (χ1v) is 7.80. The lowest BCUT2D eigenvalue weighted by Gasteiger charge is -2.40. The molecule has 1 heterocycles. The summed E-state index contributed by atoms with van der Waals surface area (Å²) in [5, 5.41) is 3.36. The smallest absolute Gasteiger partial charge is 0.316 e. The van der Waals surface area contributed by atoms with E-state index < -0.39 is 12.1 Å². The minimum atomic E-state index is -4.04. The van der Waals surface area contributed by atoms with Crippen LogP contribution in [0.4, 0.5) is 13.2 Å². The predicted molar refractivity (Wildman–Crippen MR) is 76.8 cm³/mol. The summed E-state index contributed by atoms with van der Waals surface area (Å²) in [5.41, 5.74) is 0.0677. The highest BCUT2D eigenvalue weighted by atomic mass is 19.4. The fourth-order valence-corrected chi connectivity index (χ4v) is 3.26. The molecule has 1 saturated heterocycles. The first-order valence-electron chi connectivity index (χ1n) is 7.80. The average Bonchev–Trinajstić information content (AvgIpc) is 2.36. The summed E-state index contributed by atoms with van der Waals surface area (Å²) < 4.78 is 38.6. The predicted octanol–water partition coefficient (Wildman–Crippen LogP) is 3.68. The molecule has 0 saturated carbocycles. The third-order valence-electron chi connectivity index (χ3n) is 4.23. The molecule has 0 bridgehead atoms. The molecule has 2 unspecified atom stereocenters. The van der Waals surface area contributed by atoms with Gasteiger partial charge in [-0.05, 0) is 37.8 Å². The highest BCUT2D eigenvalue weighted by molar-refractivity contribution is 4.85. The van der Waals surface area contributed by atoms with Gasteiger partial charge in [-0.1, -0.05) is 27.2 Å². The fraction of sp³-hybridized carbons (Fsp3) is 1.00. The van der Waals surface area contributed by atoms with Gasteiger partial charge < -0.3 is 10.2 Å². The lowest BCUT2D eigenvalue weighted by Crippen LogP contribution is -2.48. The second kappa shape index (κ2) is 7.64. The zero-order chi connectivity index (χ0) is 15.2. The van der Waals surface area contributed by atoms with Crippen molar-refractivity contribution in [2.24, 2.45) is 11.3 Å². The summed E-state index contributed by atoms with van der Waals surface area (Å²) in [6.07, 6.45) is -0.974. The van der Waals surface area contributed by atoms with Gasteiger partial charge in [-0.15, -0.1) is 0 Å². The Morgan fingerprint density at radius 3 is 2.50 bits per heavy atom. The Bertz CT molecular complexity index is 281. The molecule has 2 atom stereocenters. The van der Waals surface area contributed by atoms with Gasteiger partial charge in [0.05, 0.1) is 5.92 Å². The monoisotopic (exact) mass is 294 g/mol. The van der Waals surface area contributed by atoms with Crippen molar-refractivity contribution in [3.63, 3.8) is 0 Å². The van der Waals surface area contributed by atoms with Crippen molar-refractivity contribution in [1.82, 2.24) is 10.2 Å². The van der Waals surface area contributed by atoms with Gasteiger partial charge in [0.25, 0.3) is 0 Å². The maximum absolute atomic E-state index is 12.9. The Hall–Kier alpha value is -0.290. The molecule has 2 nitrogen and oxygen atoms in total. The lowest BCUT2D eigenvalue weighted by atomic mass is 9.83. The summed E-state index contributed by atoms with van der Waals surface area (Å²) in [6, 6.07) is 0. The number of rotatable bonds is 7. The van der Waals surface area contributed by atoms with Crippen molar-refractivity contribution in [3.05, 3.63) is 0 Å². The number of nitrogens with one attached hydrogen (secondary N) is 1. The van der Waals surface area contributed by atoms with E-state index in [0.29, 0.717) is 6.42 Å². The van der Waals surface area contributed by atoms with E-state index in [1.807, 2.05) is 4.90 Å². The molecule has 0 spiro atoms. The van der Waals surface area contributed by atoms with Gasteiger partial charge in [0, 0.05) is 19.6 Å². The van der Waals surface area contributed by atoms with Crippen LogP contribution in [-0.4, -0.2) is 43.8 Å². The standard InChI is InChI=1S/C15H29F3N2/c1-4-8-14(3,11-19-5-2)12-20-9-6-7-13(10-20)15(16,17)18/h13,19H,4-12H2,1-3H3. The Morgan fingerprint density at radius 2 is 1.95 bits per heavy atom. The first-order chi connectivity index (χ1) is 9.30. The van der Waals surface area contributed by atoms with Crippen molar-refractivity contribution in [2.75, 3.05) is 32.7 Å². The molecule has 120 valence electrons. The van der Waals surface area contributed by atoms with E-state index in [0.717, 1.165) is 39.0 Å². The molecule has 0 aromatic carbocycles. The number of nitrogens with zero attached hydrogens (tertiary/aromatic N) is 1. The van der Waals surface area contributed by atoms with Gasteiger partial charge >= 0.3 is 6.18 Å². The Kier molecular flexibility index (Phi) is 6.79. The van der Waals surface area contributed by atoms with Gasteiger partial charge in [-0.2, -0.15) is 13.2 Å². The van der Waals surface area contributed by atoms with Crippen molar-refractivity contribution in [3.8, 4) is 0 Å². The summed E-state index contributed by atoms with van der Waals surface area (Å²) >= 11 is 0. The molecule has 5 heteroatoms. The van der Waals surface area contributed by atoms with Gasteiger partial charge in [0.15, 0.2) is 0 Å². The molecule has 1 rings (SSSR count). The molecular formula is C15H29F3N2. The SMILES string of the molecule is CCCC(C)(CNCC)CN1CCCC(C(F)(F)F)C1. The zero-order valence-corrected chi connectivity index (χ0v) is 13.0. The maximum Gasteiger partial charge on any atom is 0.393 e. The van der Waals surface area contributed by atoms with Crippen LogP contribution < -0.4 is 5.32 Å². The van der Waals surface area contributed by atoms with Gasteiger partial charge in [-0.25, -0.2) is 0 Å². The minimum Gasteiger partial charge on any atom is -0.316 e. The molecule has 1 fully saturated rings. The van der Waals surface area contributed by atoms with Crippen LogP contribution in [0.15, 0.2) is 0 Å². The molecule has 1 aliphatic rings.